The zero-order valence-electron chi connectivity index (χ0n) is 33.2. The molecule has 4 atom stereocenters. The highest BCUT2D eigenvalue weighted by Crippen LogP contribution is 2.41. The van der Waals surface area contributed by atoms with Crippen molar-refractivity contribution < 1.29 is 37.1 Å². The largest absolute Gasteiger partial charge is 0.419 e. The molecule has 0 spiro atoms. The summed E-state index contributed by atoms with van der Waals surface area (Å²) >= 11 is 5.73. The molecule has 4 fully saturated rings. The summed E-state index contributed by atoms with van der Waals surface area (Å²) in [5, 5.41) is 17.8. The molecule has 4 aliphatic rings. The highest BCUT2D eigenvalue weighted by Gasteiger charge is 2.53. The number of ether oxygens (including phenoxy) is 1. The van der Waals surface area contributed by atoms with Crippen molar-refractivity contribution in [2.75, 3.05) is 28.7 Å². The number of carbonyl (C=O) groups is 4. The van der Waals surface area contributed by atoms with Crippen LogP contribution < -0.4 is 20.9 Å². The number of aromatic nitrogens is 1. The fourth-order valence-electron chi connectivity index (χ4n) is 8.94. The Labute approximate surface area is 342 Å². The van der Waals surface area contributed by atoms with E-state index < -0.39 is 34.9 Å². The Hall–Kier alpha value is -4.66. The van der Waals surface area contributed by atoms with Crippen LogP contribution in [0.1, 0.15) is 103 Å². The van der Waals surface area contributed by atoms with Gasteiger partial charge in [0.15, 0.2) is 10.8 Å². The number of likely N-dealkylation sites (tertiary alicyclic amines) is 1. The van der Waals surface area contributed by atoms with Gasteiger partial charge < -0.3 is 20.3 Å². The third-order valence-electron chi connectivity index (χ3n) is 12.0. The zero-order chi connectivity index (χ0) is 41.9. The van der Waals surface area contributed by atoms with Gasteiger partial charge in [-0.25, -0.2) is 4.98 Å². The minimum Gasteiger partial charge on any atom is -0.378 e. The average Bonchev–Trinajstić information content (AvgIpc) is 3.34. The molecule has 4 heterocycles. The Balaban J connectivity index is 0.919. The summed E-state index contributed by atoms with van der Waals surface area (Å²) in [5.41, 5.74) is -1.84. The van der Waals surface area contributed by atoms with Crippen molar-refractivity contribution in [3.05, 3.63) is 47.8 Å². The van der Waals surface area contributed by atoms with E-state index in [0.717, 1.165) is 68.5 Å². The van der Waals surface area contributed by atoms with Crippen molar-refractivity contribution in [2.45, 2.75) is 134 Å². The molecule has 3 N–H and O–H groups in total. The smallest absolute Gasteiger partial charge is 0.378 e. The lowest BCUT2D eigenvalue weighted by Crippen LogP contribution is -2.51. The van der Waals surface area contributed by atoms with Crippen LogP contribution in [0.25, 0.3) is 0 Å². The van der Waals surface area contributed by atoms with Gasteiger partial charge in [0, 0.05) is 42.5 Å². The molecule has 17 heteroatoms. The van der Waals surface area contributed by atoms with Crippen LogP contribution in [-0.4, -0.2) is 92.5 Å². The molecule has 58 heavy (non-hydrogen) atoms. The topological polar surface area (TPSA) is 160 Å². The number of pyridine rings is 1. The van der Waals surface area contributed by atoms with E-state index >= 15 is 0 Å². The van der Waals surface area contributed by atoms with Crippen LogP contribution in [0.2, 0.25) is 0 Å². The Bertz CT molecular complexity index is 1940. The quantitative estimate of drug-likeness (QED) is 0.128. The predicted octanol–water partition coefficient (Wildman–Crippen LogP) is 6.14. The molecule has 1 aliphatic carbocycles. The second-order valence-electron chi connectivity index (χ2n) is 16.5. The van der Waals surface area contributed by atoms with Crippen molar-refractivity contribution in [2.24, 2.45) is 5.92 Å². The number of nitrogens with one attached hydrogen (secondary N) is 3. The first-order valence-electron chi connectivity index (χ1n) is 20.0. The van der Waals surface area contributed by atoms with E-state index in [-0.39, 0.29) is 65.7 Å². The van der Waals surface area contributed by atoms with Crippen LogP contribution >= 0.6 is 12.2 Å². The zero-order valence-corrected chi connectivity index (χ0v) is 34.0. The molecular formula is C41H51F3N8O5S. The Morgan fingerprint density at radius 1 is 1.07 bits per heavy atom. The maximum absolute atomic E-state index is 13.7. The third kappa shape index (κ3) is 9.61. The summed E-state index contributed by atoms with van der Waals surface area (Å²) in [5.74, 6) is -0.717. The molecule has 2 aromatic rings. The lowest BCUT2D eigenvalue weighted by atomic mass is 9.82. The lowest BCUT2D eigenvalue weighted by Gasteiger charge is -2.42. The molecule has 0 bridgehead atoms. The highest BCUT2D eigenvalue weighted by molar-refractivity contribution is 7.80. The summed E-state index contributed by atoms with van der Waals surface area (Å²) in [6.07, 6.45) is 4.02. The first kappa shape index (κ1) is 42.9. The fourth-order valence-corrected chi connectivity index (χ4v) is 9.51. The number of thiocarbonyl (C=S) groups is 1. The second-order valence-corrected chi connectivity index (χ2v) is 16.8. The van der Waals surface area contributed by atoms with Gasteiger partial charge >= 0.3 is 6.18 Å². The van der Waals surface area contributed by atoms with Gasteiger partial charge in [-0.1, -0.05) is 6.07 Å². The van der Waals surface area contributed by atoms with Crippen molar-refractivity contribution in [3.8, 4) is 6.07 Å². The number of alkyl halides is 3. The maximum Gasteiger partial charge on any atom is 0.419 e. The van der Waals surface area contributed by atoms with Gasteiger partial charge in [0.2, 0.25) is 17.7 Å². The molecule has 0 radical (unpaired) electrons. The molecular weight excluding hydrogens is 774 g/mol. The van der Waals surface area contributed by atoms with Crippen LogP contribution in [-0.2, 0) is 30.1 Å². The number of benzene rings is 1. The molecule has 6 rings (SSSR count). The Kier molecular flexibility index (Phi) is 13.1. The van der Waals surface area contributed by atoms with E-state index in [1.807, 2.05) is 11.0 Å². The van der Waals surface area contributed by atoms with Crippen LogP contribution in [0.15, 0.2) is 36.5 Å². The summed E-state index contributed by atoms with van der Waals surface area (Å²) in [7, 11) is 0. The van der Waals surface area contributed by atoms with E-state index in [1.165, 1.54) is 6.07 Å². The van der Waals surface area contributed by atoms with Crippen LogP contribution in [0.5, 0.6) is 0 Å². The minimum absolute atomic E-state index is 0.0419. The number of halogens is 3. The fraction of sp³-hybridized carbons (Fsp3) is 0.585. The summed E-state index contributed by atoms with van der Waals surface area (Å²) in [6.45, 7) is 8.58. The summed E-state index contributed by atoms with van der Waals surface area (Å²) in [6, 6.07) is 9.14. The number of rotatable bonds is 12. The molecule has 1 aromatic carbocycles. The number of amides is 4. The van der Waals surface area contributed by atoms with E-state index in [0.29, 0.717) is 30.3 Å². The van der Waals surface area contributed by atoms with E-state index in [1.54, 1.807) is 32.0 Å². The molecule has 3 saturated heterocycles. The molecule has 13 nitrogen and oxygen atoms in total. The number of nitriles is 1. The second kappa shape index (κ2) is 17.7. The van der Waals surface area contributed by atoms with Crippen LogP contribution in [0.3, 0.4) is 0 Å². The van der Waals surface area contributed by atoms with E-state index in [9.17, 15) is 32.3 Å². The van der Waals surface area contributed by atoms with E-state index in [2.05, 4.69) is 39.7 Å². The van der Waals surface area contributed by atoms with Gasteiger partial charge in [0.25, 0.3) is 5.91 Å². The third-order valence-corrected chi connectivity index (χ3v) is 12.3. The van der Waals surface area contributed by atoms with Gasteiger partial charge in [-0.05, 0) is 128 Å². The lowest BCUT2D eigenvalue weighted by molar-refractivity contribution is -0.138. The normalized spacial score (nSPS) is 26.7. The number of hydrogen-bond donors (Lipinski definition) is 3. The number of anilines is 3. The van der Waals surface area contributed by atoms with Crippen LogP contribution in [0.4, 0.5) is 30.2 Å². The van der Waals surface area contributed by atoms with Gasteiger partial charge in [-0.15, -0.1) is 0 Å². The average molecular weight is 825 g/mol. The standard InChI is InChI=1S/C41H51F3N8O5S/c1-24-17-31(18-25(2)50(24)23-36(54)48-28-9-5-8-27(19-28)47-33-14-15-35(53)49-37(33)55)57-16-6-7-26-10-12-29(13-11-26)52-39(58)51(38(56)40(52,3)4)30-20-32(41(42,43)44)34(21-45)46-22-30/h5,8-9,19-20,22,24-26,29,31,33,47H,6-7,10-18,23H2,1-4H3,(H,48,54)(H,49,53,55)/t24-,25+,26-,29-,31+,33?. The molecule has 1 aromatic heterocycles. The first-order chi connectivity index (χ1) is 27.5. The Morgan fingerprint density at radius 3 is 2.41 bits per heavy atom. The highest BCUT2D eigenvalue weighted by atomic mass is 32.1. The SMILES string of the molecule is C[C@@H]1C[C@H](OCCC[C@H]2CC[C@H](N3C(=S)N(c4cnc(C#N)c(C(F)(F)F)c4)C(=O)C3(C)C)CC2)C[C@H](C)N1CC(=O)Nc1cccc(NC2CCC(=O)NC2=O)c1. The molecule has 1 unspecified atom stereocenters. The minimum atomic E-state index is -4.82. The first-order valence-corrected chi connectivity index (χ1v) is 20.4. The molecule has 3 aliphatic heterocycles. The van der Waals surface area contributed by atoms with Gasteiger partial charge in [0.1, 0.15) is 17.6 Å². The molecule has 4 amide bonds. The van der Waals surface area contributed by atoms with E-state index in [4.69, 9.17) is 22.2 Å². The van der Waals surface area contributed by atoms with Crippen molar-refractivity contribution >= 4 is 58.0 Å². The van der Waals surface area contributed by atoms with Gasteiger partial charge in [-0.3, -0.25) is 34.3 Å². The predicted molar refractivity (Wildman–Crippen MR) is 214 cm³/mol. The number of imide groups is 1. The van der Waals surface area contributed by atoms with Crippen molar-refractivity contribution in [1.82, 2.24) is 20.1 Å². The molecule has 312 valence electrons. The summed E-state index contributed by atoms with van der Waals surface area (Å²) < 4.78 is 47.4. The summed E-state index contributed by atoms with van der Waals surface area (Å²) in [4.78, 5) is 59.2. The molecule has 1 saturated carbocycles. The Morgan fingerprint density at radius 2 is 1.76 bits per heavy atom. The number of piperidine rings is 2. The number of nitrogens with zero attached hydrogens (tertiary/aromatic N) is 5. The maximum atomic E-state index is 13.7. The van der Waals surface area contributed by atoms with Gasteiger partial charge in [0.05, 0.1) is 30.1 Å². The van der Waals surface area contributed by atoms with Gasteiger partial charge in [-0.2, -0.15) is 18.4 Å². The number of carbonyl (C=O) groups excluding carboxylic acids is 4. The monoisotopic (exact) mass is 824 g/mol. The van der Waals surface area contributed by atoms with Crippen molar-refractivity contribution in [1.29, 1.82) is 5.26 Å². The van der Waals surface area contributed by atoms with Crippen molar-refractivity contribution in [3.63, 3.8) is 0 Å². The number of hydrogen-bond acceptors (Lipinski definition) is 10. The van der Waals surface area contributed by atoms with Crippen LogP contribution in [0, 0.1) is 17.2 Å².